The van der Waals surface area contributed by atoms with Gasteiger partial charge in [-0.25, -0.2) is 0 Å². The lowest BCUT2D eigenvalue weighted by Gasteiger charge is -2.38. The van der Waals surface area contributed by atoms with E-state index in [1.54, 1.807) is 16.8 Å². The minimum atomic E-state index is -0.191. The topological polar surface area (TPSA) is 40.6 Å². The van der Waals surface area contributed by atoms with Crippen molar-refractivity contribution in [1.29, 1.82) is 0 Å². The third-order valence-corrected chi connectivity index (χ3v) is 4.18. The van der Waals surface area contributed by atoms with Crippen LogP contribution in [0.25, 0.3) is 0 Å². The molecule has 2 amide bonds. The van der Waals surface area contributed by atoms with Gasteiger partial charge in [0.1, 0.15) is 0 Å². The Kier molecular flexibility index (Phi) is 4.42. The van der Waals surface area contributed by atoms with E-state index in [4.69, 9.17) is 0 Å². The molecule has 4 heteroatoms. The summed E-state index contributed by atoms with van der Waals surface area (Å²) in [6.07, 6.45) is 0.655. The number of amides is 2. The summed E-state index contributed by atoms with van der Waals surface area (Å²) < 4.78 is 0. The average Bonchev–Trinajstić information content (AvgIpc) is 2.60. The number of benzene rings is 2. The normalized spacial score (nSPS) is 18.1. The highest BCUT2D eigenvalue weighted by atomic mass is 16.2. The van der Waals surface area contributed by atoms with Crippen LogP contribution in [0.3, 0.4) is 0 Å². The lowest BCUT2D eigenvalue weighted by Crippen LogP contribution is -2.54. The maximum Gasteiger partial charge on any atom is 0.255 e. The molecule has 1 saturated heterocycles. The molecule has 0 N–H and O–H groups in total. The van der Waals surface area contributed by atoms with Gasteiger partial charge in [0.15, 0.2) is 0 Å². The molecule has 0 saturated carbocycles. The third-order valence-electron chi connectivity index (χ3n) is 4.18. The van der Waals surface area contributed by atoms with E-state index in [1.165, 1.54) is 0 Å². The van der Waals surface area contributed by atoms with Crippen LogP contribution >= 0.6 is 0 Å². The van der Waals surface area contributed by atoms with Gasteiger partial charge in [-0.05, 0) is 24.1 Å². The fourth-order valence-corrected chi connectivity index (χ4v) is 3.00. The molecule has 2 aromatic rings. The third kappa shape index (κ3) is 3.42. The molecular weight excluding hydrogens is 288 g/mol. The Morgan fingerprint density at radius 3 is 2.30 bits per heavy atom. The number of nitrogens with zero attached hydrogens (tertiary/aromatic N) is 2. The fourth-order valence-electron chi connectivity index (χ4n) is 3.00. The molecule has 0 bridgehead atoms. The smallest absolute Gasteiger partial charge is 0.255 e. The van der Waals surface area contributed by atoms with E-state index in [1.807, 2.05) is 60.7 Å². The molecule has 3 rings (SSSR count). The summed E-state index contributed by atoms with van der Waals surface area (Å²) in [5.74, 6) is -0.113. The minimum Gasteiger partial charge on any atom is -0.328 e. The summed E-state index contributed by atoms with van der Waals surface area (Å²) >= 11 is 0. The fraction of sp³-hybridized carbons (Fsp3) is 0.263. The van der Waals surface area contributed by atoms with Crippen LogP contribution in [-0.4, -0.2) is 41.9 Å². The maximum absolute atomic E-state index is 12.6. The van der Waals surface area contributed by atoms with E-state index >= 15 is 0 Å². The summed E-state index contributed by atoms with van der Waals surface area (Å²) in [6, 6.07) is 19.2. The Balaban J connectivity index is 1.76. The van der Waals surface area contributed by atoms with Crippen molar-refractivity contribution in [1.82, 2.24) is 9.80 Å². The molecule has 4 nitrogen and oxygen atoms in total. The van der Waals surface area contributed by atoms with Crippen molar-refractivity contribution in [3.05, 3.63) is 71.8 Å². The Hall–Kier alpha value is -2.62. The SMILES string of the molecule is CN1CN(C(=O)c2ccccc2)CC(Cc2ccccc2)C1=O. The quantitative estimate of drug-likeness (QED) is 0.874. The monoisotopic (exact) mass is 308 g/mol. The lowest BCUT2D eigenvalue weighted by molar-refractivity contribution is -0.140. The van der Waals surface area contributed by atoms with Crippen molar-refractivity contribution in [2.75, 3.05) is 20.3 Å². The summed E-state index contributed by atoms with van der Waals surface area (Å²) in [4.78, 5) is 28.5. The van der Waals surface area contributed by atoms with Gasteiger partial charge >= 0.3 is 0 Å². The second kappa shape index (κ2) is 6.65. The van der Waals surface area contributed by atoms with Gasteiger partial charge in [0.05, 0.1) is 12.6 Å². The van der Waals surface area contributed by atoms with Gasteiger partial charge in [-0.15, -0.1) is 0 Å². The molecule has 1 heterocycles. The second-order valence-electron chi connectivity index (χ2n) is 5.96. The molecule has 1 unspecified atom stereocenters. The van der Waals surface area contributed by atoms with Crippen molar-refractivity contribution in [3.63, 3.8) is 0 Å². The zero-order chi connectivity index (χ0) is 16.2. The van der Waals surface area contributed by atoms with E-state index in [-0.39, 0.29) is 17.7 Å². The zero-order valence-corrected chi connectivity index (χ0v) is 13.2. The van der Waals surface area contributed by atoms with Gasteiger partial charge in [0.2, 0.25) is 5.91 Å². The Bertz CT molecular complexity index is 685. The molecule has 0 aliphatic carbocycles. The Morgan fingerprint density at radius 2 is 1.65 bits per heavy atom. The van der Waals surface area contributed by atoms with Gasteiger partial charge < -0.3 is 9.80 Å². The predicted octanol–water partition coefficient (Wildman–Crippen LogP) is 2.42. The molecule has 1 aliphatic heterocycles. The summed E-state index contributed by atoms with van der Waals surface area (Å²) in [5, 5.41) is 0. The van der Waals surface area contributed by atoms with Gasteiger partial charge in [0, 0.05) is 19.2 Å². The first-order chi connectivity index (χ1) is 11.1. The molecule has 0 aromatic heterocycles. The van der Waals surface area contributed by atoms with Crippen molar-refractivity contribution in [2.45, 2.75) is 6.42 Å². The highest BCUT2D eigenvalue weighted by molar-refractivity contribution is 5.95. The van der Waals surface area contributed by atoms with E-state index < -0.39 is 0 Å². The number of carbonyl (C=O) groups is 2. The van der Waals surface area contributed by atoms with Crippen molar-refractivity contribution in [2.24, 2.45) is 5.92 Å². The van der Waals surface area contributed by atoms with Gasteiger partial charge in [0.25, 0.3) is 5.91 Å². The van der Waals surface area contributed by atoms with Crippen molar-refractivity contribution >= 4 is 11.8 Å². The van der Waals surface area contributed by atoms with Gasteiger partial charge in [-0.1, -0.05) is 48.5 Å². The van der Waals surface area contributed by atoms with Crippen LogP contribution in [0, 0.1) is 5.92 Å². The summed E-state index contributed by atoms with van der Waals surface area (Å²) in [6.45, 7) is 0.809. The van der Waals surface area contributed by atoms with Crippen LogP contribution in [0.15, 0.2) is 60.7 Å². The van der Waals surface area contributed by atoms with Crippen molar-refractivity contribution < 1.29 is 9.59 Å². The highest BCUT2D eigenvalue weighted by Crippen LogP contribution is 2.19. The second-order valence-corrected chi connectivity index (χ2v) is 5.96. The molecule has 23 heavy (non-hydrogen) atoms. The van der Waals surface area contributed by atoms with E-state index in [9.17, 15) is 9.59 Å². The van der Waals surface area contributed by atoms with Crippen LogP contribution in [0.1, 0.15) is 15.9 Å². The molecule has 1 fully saturated rings. The molecule has 2 aromatic carbocycles. The van der Waals surface area contributed by atoms with Crippen molar-refractivity contribution in [3.8, 4) is 0 Å². The van der Waals surface area contributed by atoms with Crippen LogP contribution in [0.5, 0.6) is 0 Å². The summed E-state index contributed by atoms with van der Waals surface area (Å²) in [7, 11) is 1.75. The minimum absolute atomic E-state index is 0.0250. The largest absolute Gasteiger partial charge is 0.328 e. The highest BCUT2D eigenvalue weighted by Gasteiger charge is 2.33. The lowest BCUT2D eigenvalue weighted by atomic mass is 9.95. The number of hydrogen-bond donors (Lipinski definition) is 0. The molecule has 118 valence electrons. The number of rotatable bonds is 3. The van der Waals surface area contributed by atoms with Gasteiger partial charge in [-0.2, -0.15) is 0 Å². The standard InChI is InChI=1S/C19H20N2O2/c1-20-14-21(19(23)16-10-6-3-7-11-16)13-17(18(20)22)12-15-8-4-2-5-9-15/h2-11,17H,12-14H2,1H3. The molecule has 0 spiro atoms. The van der Waals surface area contributed by atoms with Crippen LogP contribution in [-0.2, 0) is 11.2 Å². The Morgan fingerprint density at radius 1 is 1.04 bits per heavy atom. The van der Waals surface area contributed by atoms with Crippen LogP contribution in [0.2, 0.25) is 0 Å². The first-order valence-corrected chi connectivity index (χ1v) is 7.78. The predicted molar refractivity (Wildman–Crippen MR) is 88.8 cm³/mol. The van der Waals surface area contributed by atoms with E-state index in [2.05, 4.69) is 0 Å². The van der Waals surface area contributed by atoms with Gasteiger partial charge in [-0.3, -0.25) is 9.59 Å². The molecule has 1 atom stereocenters. The molecular formula is C19H20N2O2. The van der Waals surface area contributed by atoms with E-state index in [0.717, 1.165) is 5.56 Å². The van der Waals surface area contributed by atoms with E-state index in [0.29, 0.717) is 25.2 Å². The van der Waals surface area contributed by atoms with Crippen LogP contribution < -0.4 is 0 Å². The number of carbonyl (C=O) groups excluding carboxylic acids is 2. The first-order valence-electron chi connectivity index (χ1n) is 7.78. The maximum atomic E-state index is 12.6. The molecule has 0 radical (unpaired) electrons. The average molecular weight is 308 g/mol. The molecule has 1 aliphatic rings. The Labute approximate surface area is 136 Å². The summed E-state index contributed by atoms with van der Waals surface area (Å²) in [5.41, 5.74) is 1.78. The van der Waals surface area contributed by atoms with Crippen LogP contribution in [0.4, 0.5) is 0 Å². The number of hydrogen-bond acceptors (Lipinski definition) is 2. The first kappa shape index (κ1) is 15.3. The zero-order valence-electron chi connectivity index (χ0n) is 13.2.